The van der Waals surface area contributed by atoms with Gasteiger partial charge in [-0.1, -0.05) is 12.1 Å². The summed E-state index contributed by atoms with van der Waals surface area (Å²) in [5.41, 5.74) is 7.96. The van der Waals surface area contributed by atoms with Gasteiger partial charge in [0.1, 0.15) is 6.26 Å². The van der Waals surface area contributed by atoms with E-state index in [1.165, 1.54) is 5.56 Å². The van der Waals surface area contributed by atoms with Gasteiger partial charge >= 0.3 is 0 Å². The lowest BCUT2D eigenvalue weighted by Gasteiger charge is -2.05. The Balaban J connectivity index is 2.27. The van der Waals surface area contributed by atoms with Gasteiger partial charge < -0.3 is 10.2 Å². The molecule has 3 nitrogen and oxygen atoms in total. The molecule has 2 rings (SSSR count). The maximum absolute atomic E-state index is 5.75. The fourth-order valence-electron chi connectivity index (χ4n) is 1.57. The Hall–Kier alpha value is -1.61. The molecule has 0 aliphatic heterocycles. The molecule has 3 heteroatoms. The first-order valence-corrected chi connectivity index (χ1v) is 5.00. The molecule has 0 aliphatic rings. The van der Waals surface area contributed by atoms with Crippen LogP contribution in [0.25, 0.3) is 11.5 Å². The minimum absolute atomic E-state index is 0.171. The zero-order chi connectivity index (χ0) is 10.7. The molecule has 78 valence electrons. The van der Waals surface area contributed by atoms with Crippen molar-refractivity contribution in [1.82, 2.24) is 4.98 Å². The lowest BCUT2D eigenvalue weighted by atomic mass is 10.0. The SMILES string of the molecule is CC(N)Cc1cccc(-c2ncco2)c1. The van der Waals surface area contributed by atoms with Gasteiger partial charge in [0, 0.05) is 11.6 Å². The molecule has 0 amide bonds. The third kappa shape index (κ3) is 2.44. The predicted octanol–water partition coefficient (Wildman–Crippen LogP) is 2.23. The van der Waals surface area contributed by atoms with Crippen LogP contribution in [0.1, 0.15) is 12.5 Å². The first kappa shape index (κ1) is 9.93. The summed E-state index contributed by atoms with van der Waals surface area (Å²) < 4.78 is 5.24. The number of aromatic nitrogens is 1. The average Bonchev–Trinajstić information content (AvgIpc) is 2.69. The topological polar surface area (TPSA) is 52.0 Å². The normalized spacial score (nSPS) is 12.7. The Bertz CT molecular complexity index is 421. The minimum atomic E-state index is 0.171. The second-order valence-electron chi connectivity index (χ2n) is 3.72. The standard InChI is InChI=1S/C12H14N2O/c1-9(13)7-10-3-2-4-11(8-10)12-14-5-6-15-12/h2-6,8-9H,7,13H2,1H3. The molecule has 2 aromatic rings. The first-order chi connectivity index (χ1) is 7.25. The van der Waals surface area contributed by atoms with Crippen molar-refractivity contribution < 1.29 is 4.42 Å². The van der Waals surface area contributed by atoms with Gasteiger partial charge in [0.25, 0.3) is 0 Å². The molecule has 0 aliphatic carbocycles. The largest absolute Gasteiger partial charge is 0.445 e. The molecule has 1 aromatic heterocycles. The Morgan fingerprint density at radius 3 is 3.00 bits per heavy atom. The molecule has 0 fully saturated rings. The number of hydrogen-bond donors (Lipinski definition) is 1. The molecular weight excluding hydrogens is 188 g/mol. The van der Waals surface area contributed by atoms with E-state index < -0.39 is 0 Å². The summed E-state index contributed by atoms with van der Waals surface area (Å²) >= 11 is 0. The number of hydrogen-bond acceptors (Lipinski definition) is 3. The number of rotatable bonds is 3. The van der Waals surface area contributed by atoms with Crippen LogP contribution < -0.4 is 5.73 Å². The highest BCUT2D eigenvalue weighted by atomic mass is 16.3. The predicted molar refractivity (Wildman–Crippen MR) is 59.3 cm³/mol. The molecular formula is C12H14N2O. The van der Waals surface area contributed by atoms with Crippen molar-refractivity contribution in [3.05, 3.63) is 42.3 Å². The Kier molecular flexibility index (Phi) is 2.83. The second kappa shape index (κ2) is 4.28. The number of nitrogens with two attached hydrogens (primary N) is 1. The van der Waals surface area contributed by atoms with Crippen LogP contribution in [0.4, 0.5) is 0 Å². The summed E-state index contributed by atoms with van der Waals surface area (Å²) in [4.78, 5) is 4.11. The molecule has 0 spiro atoms. The van der Waals surface area contributed by atoms with Gasteiger partial charge in [-0.3, -0.25) is 0 Å². The number of benzene rings is 1. The minimum Gasteiger partial charge on any atom is -0.445 e. The van der Waals surface area contributed by atoms with E-state index in [1.807, 2.05) is 19.1 Å². The highest BCUT2D eigenvalue weighted by Crippen LogP contribution is 2.18. The van der Waals surface area contributed by atoms with Gasteiger partial charge in [-0.05, 0) is 31.0 Å². The van der Waals surface area contributed by atoms with Gasteiger partial charge in [-0.2, -0.15) is 0 Å². The van der Waals surface area contributed by atoms with Crippen molar-refractivity contribution in [2.75, 3.05) is 0 Å². The van der Waals surface area contributed by atoms with Gasteiger partial charge in [0.2, 0.25) is 5.89 Å². The van der Waals surface area contributed by atoms with E-state index in [0.29, 0.717) is 5.89 Å². The number of nitrogens with zero attached hydrogens (tertiary/aromatic N) is 1. The van der Waals surface area contributed by atoms with E-state index >= 15 is 0 Å². The molecule has 2 N–H and O–H groups in total. The molecule has 1 aromatic carbocycles. The summed E-state index contributed by atoms with van der Waals surface area (Å²) in [5, 5.41) is 0. The molecule has 1 atom stereocenters. The van der Waals surface area contributed by atoms with Crippen molar-refractivity contribution in [3.63, 3.8) is 0 Å². The van der Waals surface area contributed by atoms with E-state index in [-0.39, 0.29) is 6.04 Å². The van der Waals surface area contributed by atoms with E-state index in [1.54, 1.807) is 12.5 Å². The maximum Gasteiger partial charge on any atom is 0.225 e. The maximum atomic E-state index is 5.75. The molecule has 0 bridgehead atoms. The van der Waals surface area contributed by atoms with E-state index in [2.05, 4.69) is 17.1 Å². The quantitative estimate of drug-likeness (QED) is 0.830. The molecule has 0 saturated heterocycles. The Morgan fingerprint density at radius 1 is 1.47 bits per heavy atom. The lowest BCUT2D eigenvalue weighted by Crippen LogP contribution is -2.17. The van der Waals surface area contributed by atoms with Crippen molar-refractivity contribution in [2.24, 2.45) is 5.73 Å². The third-order valence-corrected chi connectivity index (χ3v) is 2.16. The van der Waals surface area contributed by atoms with Gasteiger partial charge in [-0.15, -0.1) is 0 Å². The van der Waals surface area contributed by atoms with E-state index in [4.69, 9.17) is 10.2 Å². The van der Waals surface area contributed by atoms with Crippen LogP contribution >= 0.6 is 0 Å². The fourth-order valence-corrected chi connectivity index (χ4v) is 1.57. The van der Waals surface area contributed by atoms with Crippen molar-refractivity contribution >= 4 is 0 Å². The molecule has 1 unspecified atom stereocenters. The second-order valence-corrected chi connectivity index (χ2v) is 3.72. The van der Waals surface area contributed by atoms with Crippen LogP contribution in [0.5, 0.6) is 0 Å². The third-order valence-electron chi connectivity index (χ3n) is 2.16. The van der Waals surface area contributed by atoms with Gasteiger partial charge in [-0.25, -0.2) is 4.98 Å². The zero-order valence-electron chi connectivity index (χ0n) is 8.68. The smallest absolute Gasteiger partial charge is 0.225 e. The Morgan fingerprint density at radius 2 is 2.33 bits per heavy atom. The van der Waals surface area contributed by atoms with Crippen LogP contribution in [0, 0.1) is 0 Å². The van der Waals surface area contributed by atoms with Crippen molar-refractivity contribution in [3.8, 4) is 11.5 Å². The average molecular weight is 202 g/mol. The van der Waals surface area contributed by atoms with E-state index in [9.17, 15) is 0 Å². The van der Waals surface area contributed by atoms with Crippen molar-refractivity contribution in [2.45, 2.75) is 19.4 Å². The Labute approximate surface area is 88.9 Å². The van der Waals surface area contributed by atoms with Crippen LogP contribution in [-0.2, 0) is 6.42 Å². The van der Waals surface area contributed by atoms with Crippen LogP contribution in [0.2, 0.25) is 0 Å². The van der Waals surface area contributed by atoms with Crippen LogP contribution in [-0.4, -0.2) is 11.0 Å². The summed E-state index contributed by atoms with van der Waals surface area (Å²) in [6.07, 6.45) is 4.09. The lowest BCUT2D eigenvalue weighted by molar-refractivity contribution is 0.574. The molecule has 0 saturated carbocycles. The van der Waals surface area contributed by atoms with Crippen LogP contribution in [0.15, 0.2) is 41.1 Å². The summed E-state index contributed by atoms with van der Waals surface area (Å²) in [6, 6.07) is 8.28. The fraction of sp³-hybridized carbons (Fsp3) is 0.250. The first-order valence-electron chi connectivity index (χ1n) is 5.00. The zero-order valence-corrected chi connectivity index (χ0v) is 8.68. The molecule has 15 heavy (non-hydrogen) atoms. The monoisotopic (exact) mass is 202 g/mol. The summed E-state index contributed by atoms with van der Waals surface area (Å²) in [5.74, 6) is 0.654. The van der Waals surface area contributed by atoms with E-state index in [0.717, 1.165) is 12.0 Å². The highest BCUT2D eigenvalue weighted by molar-refractivity contribution is 5.54. The highest BCUT2D eigenvalue weighted by Gasteiger charge is 2.04. The molecule has 1 heterocycles. The number of oxazole rings is 1. The molecule has 0 radical (unpaired) electrons. The van der Waals surface area contributed by atoms with Crippen molar-refractivity contribution in [1.29, 1.82) is 0 Å². The van der Waals surface area contributed by atoms with Gasteiger partial charge in [0.05, 0.1) is 6.20 Å². The summed E-state index contributed by atoms with van der Waals surface area (Å²) in [6.45, 7) is 2.00. The van der Waals surface area contributed by atoms with Crippen LogP contribution in [0.3, 0.4) is 0 Å². The summed E-state index contributed by atoms with van der Waals surface area (Å²) in [7, 11) is 0. The van der Waals surface area contributed by atoms with Gasteiger partial charge in [0.15, 0.2) is 0 Å².